The van der Waals surface area contributed by atoms with E-state index >= 15 is 0 Å². The van der Waals surface area contributed by atoms with Gasteiger partial charge in [0.25, 0.3) is 5.91 Å². The average Bonchev–Trinajstić information content (AvgIpc) is 3.08. The summed E-state index contributed by atoms with van der Waals surface area (Å²) in [4.78, 5) is 15.9. The zero-order valence-corrected chi connectivity index (χ0v) is 14.7. The summed E-state index contributed by atoms with van der Waals surface area (Å²) >= 11 is 0. The maximum atomic E-state index is 11.5. The molecule has 0 saturated heterocycles. The maximum absolute atomic E-state index is 11.5. The first-order valence-electron chi connectivity index (χ1n) is 8.31. The van der Waals surface area contributed by atoms with E-state index in [2.05, 4.69) is 10.3 Å². The van der Waals surface area contributed by atoms with Crippen LogP contribution in [0.2, 0.25) is 0 Å². The first kappa shape index (κ1) is 17.5. The molecule has 0 saturated carbocycles. The molecule has 0 bridgehead atoms. The number of oxazole rings is 1. The Hall–Kier alpha value is -3.28. The third-order valence-corrected chi connectivity index (χ3v) is 3.65. The number of fused-ring (bicyclic) bond motifs is 1. The lowest BCUT2D eigenvalue weighted by molar-refractivity contribution is -0.123. The number of para-hydroxylation sites is 2. The maximum Gasteiger partial charge on any atom is 0.257 e. The third-order valence-electron chi connectivity index (χ3n) is 3.65. The highest BCUT2D eigenvalue weighted by molar-refractivity contribution is 5.78. The second-order valence-electron chi connectivity index (χ2n) is 5.51. The number of hydrogen-bond acceptors (Lipinski definition) is 5. The van der Waals surface area contributed by atoms with Gasteiger partial charge >= 0.3 is 0 Å². The Kier molecular flexibility index (Phi) is 5.53. The fourth-order valence-electron chi connectivity index (χ4n) is 2.43. The Morgan fingerprint density at radius 2 is 2.04 bits per heavy atom. The van der Waals surface area contributed by atoms with E-state index < -0.39 is 0 Å². The number of methoxy groups -OCH3 is 1. The van der Waals surface area contributed by atoms with Crippen LogP contribution in [0.15, 0.2) is 46.9 Å². The van der Waals surface area contributed by atoms with Gasteiger partial charge in [0.05, 0.1) is 7.11 Å². The van der Waals surface area contributed by atoms with Gasteiger partial charge in [-0.05, 0) is 42.8 Å². The molecular formula is C20H20N2O4. The summed E-state index contributed by atoms with van der Waals surface area (Å²) in [5, 5.41) is 2.68. The van der Waals surface area contributed by atoms with E-state index in [1.807, 2.05) is 49.4 Å². The van der Waals surface area contributed by atoms with Gasteiger partial charge in [-0.2, -0.15) is 0 Å². The molecule has 0 spiro atoms. The molecule has 6 heteroatoms. The van der Waals surface area contributed by atoms with Gasteiger partial charge in [-0.25, -0.2) is 4.98 Å². The topological polar surface area (TPSA) is 73.6 Å². The zero-order valence-electron chi connectivity index (χ0n) is 14.7. The molecule has 2 aromatic carbocycles. The third kappa shape index (κ3) is 4.22. The second kappa shape index (κ2) is 8.20. The number of carbonyl (C=O) groups excluding carboxylic acids is 1. The molecule has 6 nitrogen and oxygen atoms in total. The Morgan fingerprint density at radius 1 is 1.19 bits per heavy atom. The van der Waals surface area contributed by atoms with Crippen molar-refractivity contribution in [1.82, 2.24) is 10.3 Å². The van der Waals surface area contributed by atoms with Gasteiger partial charge in [-0.3, -0.25) is 4.79 Å². The molecule has 1 N–H and O–H groups in total. The second-order valence-corrected chi connectivity index (χ2v) is 5.51. The Labute approximate surface area is 151 Å². The molecular weight excluding hydrogens is 332 g/mol. The first-order chi connectivity index (χ1) is 12.7. The molecule has 26 heavy (non-hydrogen) atoms. The summed E-state index contributed by atoms with van der Waals surface area (Å²) in [7, 11) is 1.56. The molecule has 0 atom stereocenters. The van der Waals surface area contributed by atoms with Crippen molar-refractivity contribution in [3.05, 3.63) is 53.9 Å². The predicted octanol–water partition coefficient (Wildman–Crippen LogP) is 3.52. The van der Waals surface area contributed by atoms with Crippen LogP contribution in [0.3, 0.4) is 0 Å². The summed E-state index contributed by atoms with van der Waals surface area (Å²) in [5.41, 5.74) is 2.46. The standard InChI is InChI=1S/C20H20N2O4/c1-3-21-19(23)13-25-17-10-8-14(12-18(17)24-2)9-11-20-22-15-6-4-5-7-16(15)26-20/h4-12H,3,13H2,1-2H3,(H,21,23)/b11-9+. The monoisotopic (exact) mass is 352 g/mol. The number of nitrogens with zero attached hydrogens (tertiary/aromatic N) is 1. The molecule has 0 aliphatic heterocycles. The SMILES string of the molecule is CCNC(=O)COc1ccc(/C=C/c2nc3ccccc3o2)cc1OC. The largest absolute Gasteiger partial charge is 0.493 e. The zero-order chi connectivity index (χ0) is 18.4. The van der Waals surface area contributed by atoms with E-state index in [1.165, 1.54) is 0 Å². The van der Waals surface area contributed by atoms with Crippen molar-refractivity contribution in [2.45, 2.75) is 6.92 Å². The van der Waals surface area contributed by atoms with Gasteiger partial charge in [-0.1, -0.05) is 18.2 Å². The highest BCUT2D eigenvalue weighted by Crippen LogP contribution is 2.29. The van der Waals surface area contributed by atoms with Crippen molar-refractivity contribution >= 4 is 29.2 Å². The van der Waals surface area contributed by atoms with Crippen molar-refractivity contribution < 1.29 is 18.7 Å². The van der Waals surface area contributed by atoms with Gasteiger partial charge in [-0.15, -0.1) is 0 Å². The number of nitrogens with one attached hydrogen (secondary N) is 1. The van der Waals surface area contributed by atoms with E-state index in [4.69, 9.17) is 13.9 Å². The number of rotatable bonds is 7. The number of ether oxygens (including phenoxy) is 2. The van der Waals surface area contributed by atoms with Gasteiger partial charge in [0.15, 0.2) is 23.7 Å². The van der Waals surface area contributed by atoms with Crippen LogP contribution in [0, 0.1) is 0 Å². The van der Waals surface area contributed by atoms with Gasteiger partial charge in [0, 0.05) is 12.6 Å². The van der Waals surface area contributed by atoms with Crippen LogP contribution < -0.4 is 14.8 Å². The van der Waals surface area contributed by atoms with Crippen LogP contribution in [-0.4, -0.2) is 31.2 Å². The van der Waals surface area contributed by atoms with Crippen molar-refractivity contribution in [1.29, 1.82) is 0 Å². The molecule has 134 valence electrons. The summed E-state index contributed by atoms with van der Waals surface area (Å²) in [6, 6.07) is 13.1. The Bertz CT molecular complexity index is 897. The van der Waals surface area contributed by atoms with E-state index in [0.717, 1.165) is 16.7 Å². The van der Waals surface area contributed by atoms with E-state index in [0.29, 0.717) is 23.9 Å². The first-order valence-corrected chi connectivity index (χ1v) is 8.31. The molecule has 1 amide bonds. The van der Waals surface area contributed by atoms with Crippen LogP contribution in [0.25, 0.3) is 23.3 Å². The molecule has 1 heterocycles. The van der Waals surface area contributed by atoms with Crippen LogP contribution in [0.5, 0.6) is 11.5 Å². The average molecular weight is 352 g/mol. The minimum Gasteiger partial charge on any atom is -0.493 e. The Balaban J connectivity index is 1.72. The summed E-state index contributed by atoms with van der Waals surface area (Å²) in [5.74, 6) is 1.42. The van der Waals surface area contributed by atoms with E-state index in [-0.39, 0.29) is 12.5 Å². The van der Waals surface area contributed by atoms with Gasteiger partial charge < -0.3 is 19.2 Å². The molecule has 3 rings (SSSR count). The van der Waals surface area contributed by atoms with Crippen molar-refractivity contribution in [2.24, 2.45) is 0 Å². The number of hydrogen-bond donors (Lipinski definition) is 1. The predicted molar refractivity (Wildman–Crippen MR) is 100 cm³/mol. The van der Waals surface area contributed by atoms with Gasteiger partial charge in [0.1, 0.15) is 5.52 Å². The quantitative estimate of drug-likeness (QED) is 0.704. The smallest absolute Gasteiger partial charge is 0.257 e. The van der Waals surface area contributed by atoms with Crippen LogP contribution >= 0.6 is 0 Å². The number of amides is 1. The van der Waals surface area contributed by atoms with Gasteiger partial charge in [0.2, 0.25) is 5.89 Å². The number of benzene rings is 2. The minimum absolute atomic E-state index is 0.0533. The van der Waals surface area contributed by atoms with E-state index in [9.17, 15) is 4.79 Å². The fourth-order valence-corrected chi connectivity index (χ4v) is 2.43. The van der Waals surface area contributed by atoms with Crippen molar-refractivity contribution in [2.75, 3.05) is 20.3 Å². The van der Waals surface area contributed by atoms with Crippen LogP contribution in [0.4, 0.5) is 0 Å². The van der Waals surface area contributed by atoms with E-state index in [1.54, 1.807) is 19.3 Å². The summed E-state index contributed by atoms with van der Waals surface area (Å²) in [6.07, 6.45) is 3.67. The highest BCUT2D eigenvalue weighted by atomic mass is 16.5. The normalized spacial score (nSPS) is 11.0. The van der Waals surface area contributed by atoms with Crippen LogP contribution in [0.1, 0.15) is 18.4 Å². The van der Waals surface area contributed by atoms with Crippen LogP contribution in [-0.2, 0) is 4.79 Å². The molecule has 0 unspecified atom stereocenters. The molecule has 0 fully saturated rings. The number of likely N-dealkylation sites (N-methyl/N-ethyl adjacent to an activating group) is 1. The lowest BCUT2D eigenvalue weighted by Gasteiger charge is -2.11. The number of carbonyl (C=O) groups is 1. The molecule has 0 radical (unpaired) electrons. The summed E-state index contributed by atoms with van der Waals surface area (Å²) < 4.78 is 16.5. The minimum atomic E-state index is -0.172. The Morgan fingerprint density at radius 3 is 2.81 bits per heavy atom. The lowest BCUT2D eigenvalue weighted by atomic mass is 10.2. The highest BCUT2D eigenvalue weighted by Gasteiger charge is 2.08. The lowest BCUT2D eigenvalue weighted by Crippen LogP contribution is -2.28. The molecule has 1 aromatic heterocycles. The molecule has 0 aliphatic carbocycles. The fraction of sp³-hybridized carbons (Fsp3) is 0.200. The molecule has 3 aromatic rings. The molecule has 0 aliphatic rings. The van der Waals surface area contributed by atoms with Crippen molar-refractivity contribution in [3.63, 3.8) is 0 Å². The van der Waals surface area contributed by atoms with Crippen molar-refractivity contribution in [3.8, 4) is 11.5 Å². The number of aromatic nitrogens is 1. The summed E-state index contributed by atoms with van der Waals surface area (Å²) in [6.45, 7) is 2.37.